The lowest BCUT2D eigenvalue weighted by molar-refractivity contribution is 0.295. The smallest absolute Gasteiger partial charge is 0.123 e. The van der Waals surface area contributed by atoms with Crippen molar-refractivity contribution in [1.82, 2.24) is 9.55 Å². The van der Waals surface area contributed by atoms with E-state index >= 15 is 0 Å². The minimum atomic E-state index is -0.225. The second-order valence-corrected chi connectivity index (χ2v) is 4.40. The van der Waals surface area contributed by atoms with Crippen molar-refractivity contribution in [2.75, 3.05) is 6.61 Å². The molecule has 4 heteroatoms. The molecule has 18 heavy (non-hydrogen) atoms. The number of nitrogens with zero attached hydrogens (tertiary/aromatic N) is 2. The molecule has 1 heterocycles. The van der Waals surface area contributed by atoms with E-state index < -0.39 is 0 Å². The summed E-state index contributed by atoms with van der Waals surface area (Å²) in [5, 5.41) is 8.97. The second kappa shape index (κ2) is 5.31. The van der Waals surface area contributed by atoms with E-state index in [1.165, 1.54) is 12.1 Å². The van der Waals surface area contributed by atoms with Crippen molar-refractivity contribution in [3.05, 3.63) is 52.9 Å². The highest BCUT2D eigenvalue weighted by atomic mass is 19.1. The Bertz CT molecular complexity index is 549. The van der Waals surface area contributed by atoms with Gasteiger partial charge in [-0.1, -0.05) is 12.1 Å². The molecule has 1 N–H and O–H groups in total. The van der Waals surface area contributed by atoms with Gasteiger partial charge in [-0.15, -0.1) is 0 Å². The molecule has 0 saturated heterocycles. The molecule has 96 valence electrons. The van der Waals surface area contributed by atoms with Gasteiger partial charge in [0, 0.05) is 25.6 Å². The molecule has 0 fully saturated rings. The van der Waals surface area contributed by atoms with Crippen LogP contribution in [-0.4, -0.2) is 21.3 Å². The molecule has 2 rings (SSSR count). The average molecular weight is 248 g/mol. The summed E-state index contributed by atoms with van der Waals surface area (Å²) in [4.78, 5) is 4.50. The van der Waals surface area contributed by atoms with Crippen molar-refractivity contribution in [2.24, 2.45) is 7.05 Å². The first-order chi connectivity index (χ1) is 8.61. The number of aromatic nitrogens is 2. The standard InChI is InChI=1S/C14H17FN2O/c1-10-13(16-14(6-7-18)17(10)2)9-11-4-3-5-12(15)8-11/h3-5,8,18H,6-7,9H2,1-2H3. The Morgan fingerprint density at radius 1 is 1.39 bits per heavy atom. The van der Waals surface area contributed by atoms with Gasteiger partial charge < -0.3 is 9.67 Å². The molecule has 0 aliphatic carbocycles. The van der Waals surface area contributed by atoms with Crippen molar-refractivity contribution in [3.63, 3.8) is 0 Å². The van der Waals surface area contributed by atoms with Crippen LogP contribution in [0.3, 0.4) is 0 Å². The number of aliphatic hydroxyl groups is 1. The maximum absolute atomic E-state index is 13.1. The fourth-order valence-corrected chi connectivity index (χ4v) is 2.03. The van der Waals surface area contributed by atoms with Crippen LogP contribution in [0.25, 0.3) is 0 Å². The lowest BCUT2D eigenvalue weighted by Gasteiger charge is -2.01. The predicted molar refractivity (Wildman–Crippen MR) is 67.9 cm³/mol. The van der Waals surface area contributed by atoms with Gasteiger partial charge in [0.2, 0.25) is 0 Å². The van der Waals surface area contributed by atoms with Crippen molar-refractivity contribution in [2.45, 2.75) is 19.8 Å². The predicted octanol–water partition coefficient (Wildman–Crippen LogP) is 1.99. The normalized spacial score (nSPS) is 10.9. The van der Waals surface area contributed by atoms with E-state index in [1.54, 1.807) is 6.07 Å². The van der Waals surface area contributed by atoms with Gasteiger partial charge in [-0.25, -0.2) is 9.37 Å². The SMILES string of the molecule is Cc1c(Cc2cccc(F)c2)nc(CCO)n1C. The first kappa shape index (κ1) is 12.8. The fraction of sp³-hybridized carbons (Fsp3) is 0.357. The Morgan fingerprint density at radius 2 is 2.17 bits per heavy atom. The van der Waals surface area contributed by atoms with Crippen LogP contribution in [0.15, 0.2) is 24.3 Å². The van der Waals surface area contributed by atoms with Crippen molar-refractivity contribution >= 4 is 0 Å². The summed E-state index contributed by atoms with van der Waals surface area (Å²) in [7, 11) is 1.93. The highest BCUT2D eigenvalue weighted by molar-refractivity contribution is 5.26. The highest BCUT2D eigenvalue weighted by Crippen LogP contribution is 2.15. The maximum Gasteiger partial charge on any atom is 0.123 e. The monoisotopic (exact) mass is 248 g/mol. The number of imidazole rings is 1. The molecule has 2 aromatic rings. The largest absolute Gasteiger partial charge is 0.396 e. The van der Waals surface area contributed by atoms with Crippen LogP contribution in [0.5, 0.6) is 0 Å². The van der Waals surface area contributed by atoms with Crippen LogP contribution < -0.4 is 0 Å². The summed E-state index contributed by atoms with van der Waals surface area (Å²) in [5.41, 5.74) is 2.90. The zero-order chi connectivity index (χ0) is 13.1. The number of benzene rings is 1. The van der Waals surface area contributed by atoms with Crippen LogP contribution in [0.4, 0.5) is 4.39 Å². The average Bonchev–Trinajstić information content (AvgIpc) is 2.59. The molecule has 1 aromatic carbocycles. The molecule has 0 atom stereocenters. The van der Waals surface area contributed by atoms with Gasteiger partial charge in [-0.3, -0.25) is 0 Å². The Hall–Kier alpha value is -1.68. The molecule has 1 aromatic heterocycles. The quantitative estimate of drug-likeness (QED) is 0.898. The number of hydrogen-bond donors (Lipinski definition) is 1. The Kier molecular flexibility index (Phi) is 3.77. The number of halogens is 1. The van der Waals surface area contributed by atoms with Crippen LogP contribution >= 0.6 is 0 Å². The molecule has 0 aliphatic rings. The summed E-state index contributed by atoms with van der Waals surface area (Å²) in [5.74, 6) is 0.637. The minimum absolute atomic E-state index is 0.0870. The summed E-state index contributed by atoms with van der Waals surface area (Å²) < 4.78 is 15.1. The van der Waals surface area contributed by atoms with Gasteiger partial charge in [0.25, 0.3) is 0 Å². The van der Waals surface area contributed by atoms with E-state index in [1.807, 2.05) is 24.6 Å². The molecule has 3 nitrogen and oxygen atoms in total. The third-order valence-corrected chi connectivity index (χ3v) is 3.17. The van der Waals surface area contributed by atoms with Gasteiger partial charge in [-0.2, -0.15) is 0 Å². The van der Waals surface area contributed by atoms with Crippen LogP contribution in [0, 0.1) is 12.7 Å². The minimum Gasteiger partial charge on any atom is -0.396 e. The third-order valence-electron chi connectivity index (χ3n) is 3.17. The highest BCUT2D eigenvalue weighted by Gasteiger charge is 2.11. The van der Waals surface area contributed by atoms with Gasteiger partial charge in [0.05, 0.1) is 12.3 Å². The molecule has 0 radical (unpaired) electrons. The molecule has 0 unspecified atom stereocenters. The van der Waals surface area contributed by atoms with Gasteiger partial charge in [0.15, 0.2) is 0 Å². The van der Waals surface area contributed by atoms with Crippen LogP contribution in [0.2, 0.25) is 0 Å². The molecular weight excluding hydrogens is 231 g/mol. The van der Waals surface area contributed by atoms with Gasteiger partial charge in [0.1, 0.15) is 11.6 Å². The van der Waals surface area contributed by atoms with Crippen LogP contribution in [-0.2, 0) is 19.9 Å². The number of aliphatic hydroxyl groups excluding tert-OH is 1. The zero-order valence-electron chi connectivity index (χ0n) is 10.7. The van der Waals surface area contributed by atoms with E-state index in [0.29, 0.717) is 12.8 Å². The van der Waals surface area contributed by atoms with Crippen molar-refractivity contribution in [3.8, 4) is 0 Å². The molecule has 0 aliphatic heterocycles. The third kappa shape index (κ3) is 2.59. The molecule has 0 spiro atoms. The Labute approximate surface area is 106 Å². The summed E-state index contributed by atoms with van der Waals surface area (Å²) >= 11 is 0. The second-order valence-electron chi connectivity index (χ2n) is 4.40. The molecular formula is C14H17FN2O. The maximum atomic E-state index is 13.1. The van der Waals surface area contributed by atoms with E-state index in [2.05, 4.69) is 4.98 Å². The van der Waals surface area contributed by atoms with Crippen molar-refractivity contribution in [1.29, 1.82) is 0 Å². The van der Waals surface area contributed by atoms with Gasteiger partial charge >= 0.3 is 0 Å². The number of hydrogen-bond acceptors (Lipinski definition) is 2. The van der Waals surface area contributed by atoms with Gasteiger partial charge in [-0.05, 0) is 24.6 Å². The van der Waals surface area contributed by atoms with Crippen LogP contribution in [0.1, 0.15) is 22.8 Å². The zero-order valence-corrected chi connectivity index (χ0v) is 10.7. The number of rotatable bonds is 4. The first-order valence-corrected chi connectivity index (χ1v) is 5.98. The molecule has 0 amide bonds. The van der Waals surface area contributed by atoms with E-state index in [-0.39, 0.29) is 12.4 Å². The Balaban J connectivity index is 2.26. The van der Waals surface area contributed by atoms with Crippen molar-refractivity contribution < 1.29 is 9.50 Å². The van der Waals surface area contributed by atoms with E-state index in [4.69, 9.17) is 5.11 Å². The molecule has 0 bridgehead atoms. The van der Waals surface area contributed by atoms with E-state index in [9.17, 15) is 4.39 Å². The lowest BCUT2D eigenvalue weighted by Crippen LogP contribution is -2.01. The summed E-state index contributed by atoms with van der Waals surface area (Å²) in [6.07, 6.45) is 1.16. The summed E-state index contributed by atoms with van der Waals surface area (Å²) in [6.45, 7) is 2.08. The topological polar surface area (TPSA) is 38.1 Å². The summed E-state index contributed by atoms with van der Waals surface area (Å²) in [6, 6.07) is 6.56. The fourth-order valence-electron chi connectivity index (χ4n) is 2.03. The Morgan fingerprint density at radius 3 is 2.83 bits per heavy atom. The van der Waals surface area contributed by atoms with E-state index in [0.717, 1.165) is 22.8 Å². The lowest BCUT2D eigenvalue weighted by atomic mass is 10.1. The first-order valence-electron chi connectivity index (χ1n) is 5.98. The molecule has 0 saturated carbocycles.